The molecular formula is C21H19N3O3. The van der Waals surface area contributed by atoms with E-state index in [9.17, 15) is 4.79 Å². The van der Waals surface area contributed by atoms with Gasteiger partial charge >= 0.3 is 0 Å². The number of benzene rings is 1. The Balaban J connectivity index is 1.64. The molecule has 0 fully saturated rings. The molecular weight excluding hydrogens is 342 g/mol. The summed E-state index contributed by atoms with van der Waals surface area (Å²) >= 11 is 0. The zero-order valence-corrected chi connectivity index (χ0v) is 14.9. The second kappa shape index (κ2) is 7.37. The molecule has 27 heavy (non-hydrogen) atoms. The normalized spacial score (nSPS) is 10.9. The summed E-state index contributed by atoms with van der Waals surface area (Å²) in [5.74, 6) is 1.30. The van der Waals surface area contributed by atoms with Crippen LogP contribution in [0, 0.1) is 6.92 Å². The van der Waals surface area contributed by atoms with Crippen molar-refractivity contribution in [1.29, 1.82) is 0 Å². The molecule has 6 nitrogen and oxygen atoms in total. The molecule has 0 aliphatic heterocycles. The minimum absolute atomic E-state index is 0.123. The molecule has 0 unspecified atom stereocenters. The van der Waals surface area contributed by atoms with Crippen LogP contribution in [-0.2, 0) is 13.1 Å². The predicted octanol–water partition coefficient (Wildman–Crippen LogP) is 4.21. The highest BCUT2D eigenvalue weighted by molar-refractivity contribution is 5.95. The van der Waals surface area contributed by atoms with Crippen LogP contribution >= 0.6 is 0 Å². The van der Waals surface area contributed by atoms with Gasteiger partial charge in [0.1, 0.15) is 11.5 Å². The van der Waals surface area contributed by atoms with E-state index in [1.54, 1.807) is 28.3 Å². The number of aromatic nitrogens is 2. The van der Waals surface area contributed by atoms with Gasteiger partial charge in [0.15, 0.2) is 0 Å². The number of rotatable bonds is 6. The van der Waals surface area contributed by atoms with Gasteiger partial charge in [0.05, 0.1) is 48.8 Å². The lowest BCUT2D eigenvalue weighted by atomic mass is 10.2. The van der Waals surface area contributed by atoms with E-state index in [4.69, 9.17) is 8.83 Å². The van der Waals surface area contributed by atoms with Crippen molar-refractivity contribution in [3.05, 3.63) is 96.1 Å². The summed E-state index contributed by atoms with van der Waals surface area (Å²) in [6.45, 7) is 2.59. The predicted molar refractivity (Wildman–Crippen MR) is 99.3 cm³/mol. The quantitative estimate of drug-likeness (QED) is 0.516. The van der Waals surface area contributed by atoms with Crippen molar-refractivity contribution in [2.45, 2.75) is 20.0 Å². The van der Waals surface area contributed by atoms with Crippen LogP contribution in [0.2, 0.25) is 0 Å². The third kappa shape index (κ3) is 3.55. The number of amides is 1. The number of para-hydroxylation sites is 1. The van der Waals surface area contributed by atoms with Gasteiger partial charge in [-0.3, -0.25) is 4.79 Å². The molecule has 0 bridgehead atoms. The minimum atomic E-state index is -0.123. The summed E-state index contributed by atoms with van der Waals surface area (Å²) in [4.78, 5) is 14.9. The van der Waals surface area contributed by atoms with Gasteiger partial charge in [-0.15, -0.1) is 0 Å². The minimum Gasteiger partial charge on any atom is -0.467 e. The van der Waals surface area contributed by atoms with Crippen LogP contribution in [0.1, 0.15) is 27.6 Å². The topological polar surface area (TPSA) is 64.4 Å². The van der Waals surface area contributed by atoms with Crippen LogP contribution < -0.4 is 0 Å². The molecule has 136 valence electrons. The standard InChI is InChI=1S/C21H19N3O3/c1-16-20(13-22-24(16)17-7-3-2-4-8-17)21(25)23(14-18-9-5-11-26-18)15-19-10-6-12-27-19/h2-13H,14-15H2,1H3. The molecule has 0 aliphatic rings. The van der Waals surface area contributed by atoms with E-state index in [0.29, 0.717) is 30.2 Å². The summed E-state index contributed by atoms with van der Waals surface area (Å²) < 4.78 is 12.6. The monoisotopic (exact) mass is 361 g/mol. The van der Waals surface area contributed by atoms with Gasteiger partial charge in [0, 0.05) is 0 Å². The summed E-state index contributed by atoms with van der Waals surface area (Å²) in [5, 5.41) is 4.41. The number of nitrogens with zero attached hydrogens (tertiary/aromatic N) is 3. The second-order valence-electron chi connectivity index (χ2n) is 6.21. The fraction of sp³-hybridized carbons (Fsp3) is 0.143. The Morgan fingerprint density at radius 1 is 0.963 bits per heavy atom. The SMILES string of the molecule is Cc1c(C(=O)N(Cc2ccco2)Cc2ccco2)cnn1-c1ccccc1. The van der Waals surface area contributed by atoms with Gasteiger partial charge in [-0.25, -0.2) is 4.68 Å². The third-order valence-electron chi connectivity index (χ3n) is 4.38. The summed E-state index contributed by atoms with van der Waals surface area (Å²) in [7, 11) is 0. The van der Waals surface area contributed by atoms with Crippen LogP contribution in [0.5, 0.6) is 0 Å². The molecule has 0 aliphatic carbocycles. The van der Waals surface area contributed by atoms with Crippen molar-refractivity contribution in [2.75, 3.05) is 0 Å². The van der Waals surface area contributed by atoms with Crippen molar-refractivity contribution in [3.63, 3.8) is 0 Å². The number of furan rings is 2. The molecule has 0 atom stereocenters. The largest absolute Gasteiger partial charge is 0.467 e. The van der Waals surface area contributed by atoms with Crippen molar-refractivity contribution in [2.24, 2.45) is 0 Å². The molecule has 0 saturated heterocycles. The van der Waals surface area contributed by atoms with E-state index in [0.717, 1.165) is 11.4 Å². The molecule has 3 aromatic heterocycles. The summed E-state index contributed by atoms with van der Waals surface area (Å²) in [6, 6.07) is 17.1. The highest BCUT2D eigenvalue weighted by atomic mass is 16.3. The zero-order valence-electron chi connectivity index (χ0n) is 14.9. The Morgan fingerprint density at radius 2 is 1.59 bits per heavy atom. The summed E-state index contributed by atoms with van der Waals surface area (Å²) in [6.07, 6.45) is 4.81. The lowest BCUT2D eigenvalue weighted by molar-refractivity contribution is 0.0704. The molecule has 0 spiro atoms. The molecule has 4 aromatic rings. The Kier molecular flexibility index (Phi) is 4.61. The van der Waals surface area contributed by atoms with E-state index in [1.807, 2.05) is 61.5 Å². The van der Waals surface area contributed by atoms with Crippen molar-refractivity contribution >= 4 is 5.91 Å². The zero-order chi connectivity index (χ0) is 18.6. The van der Waals surface area contributed by atoms with Gasteiger partial charge in [-0.05, 0) is 43.3 Å². The average molecular weight is 361 g/mol. The van der Waals surface area contributed by atoms with Gasteiger partial charge in [-0.2, -0.15) is 5.10 Å². The van der Waals surface area contributed by atoms with Gasteiger partial charge in [-0.1, -0.05) is 18.2 Å². The van der Waals surface area contributed by atoms with Crippen molar-refractivity contribution in [1.82, 2.24) is 14.7 Å². The Labute approximate surface area is 156 Å². The maximum Gasteiger partial charge on any atom is 0.258 e. The van der Waals surface area contributed by atoms with Gasteiger partial charge in [0.25, 0.3) is 5.91 Å². The highest BCUT2D eigenvalue weighted by Crippen LogP contribution is 2.19. The molecule has 0 radical (unpaired) electrons. The van der Waals surface area contributed by atoms with Crippen LogP contribution in [-0.4, -0.2) is 20.6 Å². The highest BCUT2D eigenvalue weighted by Gasteiger charge is 2.23. The van der Waals surface area contributed by atoms with E-state index in [1.165, 1.54) is 0 Å². The number of hydrogen-bond acceptors (Lipinski definition) is 4. The van der Waals surface area contributed by atoms with E-state index < -0.39 is 0 Å². The smallest absolute Gasteiger partial charge is 0.258 e. The van der Waals surface area contributed by atoms with Crippen LogP contribution in [0.4, 0.5) is 0 Å². The lowest BCUT2D eigenvalue weighted by Gasteiger charge is -2.20. The van der Waals surface area contributed by atoms with E-state index in [2.05, 4.69) is 5.10 Å². The van der Waals surface area contributed by atoms with Gasteiger partial charge in [0.2, 0.25) is 0 Å². The molecule has 4 rings (SSSR count). The third-order valence-corrected chi connectivity index (χ3v) is 4.38. The number of carbonyl (C=O) groups excluding carboxylic acids is 1. The Hall–Kier alpha value is -3.54. The van der Waals surface area contributed by atoms with E-state index in [-0.39, 0.29) is 5.91 Å². The second-order valence-corrected chi connectivity index (χ2v) is 6.21. The number of carbonyl (C=O) groups is 1. The van der Waals surface area contributed by atoms with Gasteiger partial charge < -0.3 is 13.7 Å². The fourth-order valence-corrected chi connectivity index (χ4v) is 3.00. The molecule has 0 N–H and O–H groups in total. The fourth-order valence-electron chi connectivity index (χ4n) is 3.00. The first kappa shape index (κ1) is 16.9. The van der Waals surface area contributed by atoms with Crippen LogP contribution in [0.25, 0.3) is 5.69 Å². The van der Waals surface area contributed by atoms with Crippen LogP contribution in [0.3, 0.4) is 0 Å². The molecule has 6 heteroatoms. The molecule has 1 aromatic carbocycles. The van der Waals surface area contributed by atoms with Crippen molar-refractivity contribution in [3.8, 4) is 5.69 Å². The number of hydrogen-bond donors (Lipinski definition) is 0. The maximum absolute atomic E-state index is 13.3. The molecule has 3 heterocycles. The maximum atomic E-state index is 13.3. The van der Waals surface area contributed by atoms with E-state index >= 15 is 0 Å². The molecule has 0 saturated carbocycles. The first-order valence-corrected chi connectivity index (χ1v) is 8.66. The van der Waals surface area contributed by atoms with Crippen molar-refractivity contribution < 1.29 is 13.6 Å². The summed E-state index contributed by atoms with van der Waals surface area (Å²) in [5.41, 5.74) is 2.25. The first-order chi connectivity index (χ1) is 13.2. The lowest BCUT2D eigenvalue weighted by Crippen LogP contribution is -2.30. The Bertz CT molecular complexity index is 966. The first-order valence-electron chi connectivity index (χ1n) is 8.66. The molecule has 1 amide bonds. The average Bonchev–Trinajstić information content (AvgIpc) is 3.44. The van der Waals surface area contributed by atoms with Crippen LogP contribution in [0.15, 0.2) is 82.2 Å². The Morgan fingerprint density at radius 3 is 2.15 bits per heavy atom.